The summed E-state index contributed by atoms with van der Waals surface area (Å²) in [6.45, 7) is 0.267. The molecule has 5 nitrogen and oxygen atoms in total. The Morgan fingerprint density at radius 2 is 2.30 bits per heavy atom. The van der Waals surface area contributed by atoms with Crippen molar-refractivity contribution < 1.29 is 19.1 Å². The highest BCUT2D eigenvalue weighted by atomic mass is 16.5. The zero-order valence-electron chi connectivity index (χ0n) is 11.6. The van der Waals surface area contributed by atoms with Crippen molar-refractivity contribution in [3.8, 4) is 5.75 Å². The first-order valence-corrected chi connectivity index (χ1v) is 6.75. The molecule has 1 amide bonds. The molecule has 5 heteroatoms. The van der Waals surface area contributed by atoms with Crippen molar-refractivity contribution in [1.82, 2.24) is 5.32 Å². The van der Waals surface area contributed by atoms with Gasteiger partial charge in [0.25, 0.3) is 0 Å². The van der Waals surface area contributed by atoms with E-state index < -0.39 is 0 Å². The highest BCUT2D eigenvalue weighted by Crippen LogP contribution is 2.14. The maximum atomic E-state index is 11.6. The number of hydrogen-bond donors (Lipinski definition) is 1. The van der Waals surface area contributed by atoms with Gasteiger partial charge in [0.2, 0.25) is 5.91 Å². The summed E-state index contributed by atoms with van der Waals surface area (Å²) in [5, 5.41) is 2.77. The van der Waals surface area contributed by atoms with E-state index in [9.17, 15) is 9.59 Å². The molecule has 1 aliphatic heterocycles. The number of esters is 1. The number of nitrogens with one attached hydrogen (secondary N) is 1. The molecule has 0 bridgehead atoms. The fraction of sp³-hybridized carbons (Fsp3) is 0.467. The Morgan fingerprint density at radius 3 is 3.00 bits per heavy atom. The van der Waals surface area contributed by atoms with Gasteiger partial charge in [0.1, 0.15) is 12.4 Å². The molecule has 0 aromatic heterocycles. The third-order valence-corrected chi connectivity index (χ3v) is 3.28. The Balaban J connectivity index is 1.70. The van der Waals surface area contributed by atoms with Crippen LogP contribution in [0.2, 0.25) is 0 Å². The fourth-order valence-electron chi connectivity index (χ4n) is 2.14. The minimum atomic E-state index is -0.242. The van der Waals surface area contributed by atoms with E-state index in [2.05, 4.69) is 5.32 Å². The molecular weight excluding hydrogens is 258 g/mol. The fourth-order valence-corrected chi connectivity index (χ4v) is 2.14. The van der Waals surface area contributed by atoms with E-state index in [1.807, 2.05) is 24.3 Å². The van der Waals surface area contributed by atoms with E-state index in [0.717, 1.165) is 17.7 Å². The van der Waals surface area contributed by atoms with E-state index in [-0.39, 0.29) is 24.5 Å². The second-order valence-electron chi connectivity index (χ2n) is 4.84. The Kier molecular flexibility index (Phi) is 4.98. The number of carbonyl (C=O) groups excluding carboxylic acids is 2. The monoisotopic (exact) mass is 277 g/mol. The Morgan fingerprint density at radius 1 is 1.45 bits per heavy atom. The van der Waals surface area contributed by atoms with Gasteiger partial charge in [0, 0.05) is 12.8 Å². The van der Waals surface area contributed by atoms with Crippen molar-refractivity contribution in [2.45, 2.75) is 31.7 Å². The van der Waals surface area contributed by atoms with Crippen molar-refractivity contribution in [1.29, 1.82) is 0 Å². The molecule has 1 heterocycles. The average molecular weight is 277 g/mol. The van der Waals surface area contributed by atoms with Crippen LogP contribution in [0.15, 0.2) is 24.3 Å². The minimum absolute atomic E-state index is 0.0248. The van der Waals surface area contributed by atoms with Crippen molar-refractivity contribution in [2.24, 2.45) is 0 Å². The van der Waals surface area contributed by atoms with Crippen LogP contribution in [-0.4, -0.2) is 31.6 Å². The number of amides is 1. The van der Waals surface area contributed by atoms with E-state index in [1.54, 1.807) is 7.11 Å². The molecule has 0 radical (unpaired) electrons. The molecule has 1 atom stereocenters. The van der Waals surface area contributed by atoms with Gasteiger partial charge in [-0.1, -0.05) is 12.1 Å². The summed E-state index contributed by atoms with van der Waals surface area (Å²) in [5.41, 5.74) is 1.04. The first-order valence-electron chi connectivity index (χ1n) is 6.75. The van der Waals surface area contributed by atoms with Crippen LogP contribution < -0.4 is 10.1 Å². The number of aryl methyl sites for hydroxylation is 1. The molecule has 1 aromatic carbocycles. The predicted molar refractivity (Wildman–Crippen MR) is 73.4 cm³/mol. The molecule has 0 saturated carbocycles. The smallest absolute Gasteiger partial charge is 0.306 e. The summed E-state index contributed by atoms with van der Waals surface area (Å²) in [5.74, 6) is 0.570. The van der Waals surface area contributed by atoms with Crippen LogP contribution in [-0.2, 0) is 20.7 Å². The maximum Gasteiger partial charge on any atom is 0.306 e. The molecule has 1 fully saturated rings. The normalized spacial score (nSPS) is 17.6. The SMILES string of the molecule is COc1cccc(CCC(=O)OCC2CCC(=O)N2)c1. The summed E-state index contributed by atoms with van der Waals surface area (Å²) in [4.78, 5) is 22.6. The summed E-state index contributed by atoms with van der Waals surface area (Å²) in [6.07, 6.45) is 2.20. The number of ether oxygens (including phenoxy) is 2. The van der Waals surface area contributed by atoms with E-state index in [1.165, 1.54) is 0 Å². The van der Waals surface area contributed by atoms with Gasteiger partial charge in [-0.3, -0.25) is 9.59 Å². The topological polar surface area (TPSA) is 64.6 Å². The van der Waals surface area contributed by atoms with Gasteiger partial charge in [-0.05, 0) is 30.5 Å². The molecule has 0 spiro atoms. The maximum absolute atomic E-state index is 11.6. The van der Waals surface area contributed by atoms with Crippen molar-refractivity contribution >= 4 is 11.9 Å². The molecule has 0 aliphatic carbocycles. The van der Waals surface area contributed by atoms with Gasteiger partial charge in [-0.2, -0.15) is 0 Å². The Bertz CT molecular complexity index is 487. The molecule has 2 rings (SSSR count). The van der Waals surface area contributed by atoms with Gasteiger partial charge in [0.15, 0.2) is 0 Å². The number of benzene rings is 1. The lowest BCUT2D eigenvalue weighted by Gasteiger charge is -2.10. The van der Waals surface area contributed by atoms with Gasteiger partial charge >= 0.3 is 5.97 Å². The van der Waals surface area contributed by atoms with Crippen molar-refractivity contribution in [2.75, 3.05) is 13.7 Å². The Labute approximate surface area is 118 Å². The van der Waals surface area contributed by atoms with Crippen LogP contribution in [0.3, 0.4) is 0 Å². The molecule has 20 heavy (non-hydrogen) atoms. The van der Waals surface area contributed by atoms with Crippen LogP contribution in [0.4, 0.5) is 0 Å². The third kappa shape index (κ3) is 4.26. The zero-order valence-corrected chi connectivity index (χ0v) is 11.6. The Hall–Kier alpha value is -2.04. The van der Waals surface area contributed by atoms with Crippen LogP contribution in [0, 0.1) is 0 Å². The van der Waals surface area contributed by atoms with Crippen LogP contribution >= 0.6 is 0 Å². The van der Waals surface area contributed by atoms with Crippen molar-refractivity contribution in [3.05, 3.63) is 29.8 Å². The molecule has 1 unspecified atom stereocenters. The number of rotatable bonds is 6. The summed E-state index contributed by atoms with van der Waals surface area (Å²) in [6, 6.07) is 7.60. The van der Waals surface area contributed by atoms with Crippen LogP contribution in [0.1, 0.15) is 24.8 Å². The lowest BCUT2D eigenvalue weighted by molar-refractivity contribution is -0.144. The highest BCUT2D eigenvalue weighted by Gasteiger charge is 2.21. The number of methoxy groups -OCH3 is 1. The molecule has 1 N–H and O–H groups in total. The first-order chi connectivity index (χ1) is 9.67. The van der Waals surface area contributed by atoms with Crippen molar-refractivity contribution in [3.63, 3.8) is 0 Å². The zero-order chi connectivity index (χ0) is 14.4. The van der Waals surface area contributed by atoms with E-state index >= 15 is 0 Å². The van der Waals surface area contributed by atoms with Gasteiger partial charge in [0.05, 0.1) is 13.2 Å². The second kappa shape index (κ2) is 6.93. The van der Waals surface area contributed by atoms with Crippen LogP contribution in [0.5, 0.6) is 5.75 Å². The minimum Gasteiger partial charge on any atom is -0.497 e. The molecular formula is C15H19NO4. The standard InChI is InChI=1S/C15H19NO4/c1-19-13-4-2-3-11(9-13)5-8-15(18)20-10-12-6-7-14(17)16-12/h2-4,9,12H,5-8,10H2,1H3,(H,16,17). The van der Waals surface area contributed by atoms with Gasteiger partial charge in [-0.15, -0.1) is 0 Å². The quantitative estimate of drug-likeness (QED) is 0.799. The highest BCUT2D eigenvalue weighted by molar-refractivity contribution is 5.78. The van der Waals surface area contributed by atoms with Gasteiger partial charge in [-0.25, -0.2) is 0 Å². The number of hydrogen-bond acceptors (Lipinski definition) is 4. The van der Waals surface area contributed by atoms with E-state index in [4.69, 9.17) is 9.47 Å². The number of carbonyl (C=O) groups is 2. The van der Waals surface area contributed by atoms with Crippen LogP contribution in [0.25, 0.3) is 0 Å². The lowest BCUT2D eigenvalue weighted by atomic mass is 10.1. The van der Waals surface area contributed by atoms with E-state index in [0.29, 0.717) is 19.3 Å². The lowest BCUT2D eigenvalue weighted by Crippen LogP contribution is -2.30. The summed E-state index contributed by atoms with van der Waals surface area (Å²) in [7, 11) is 1.61. The second-order valence-corrected chi connectivity index (χ2v) is 4.84. The molecule has 1 saturated heterocycles. The average Bonchev–Trinajstić information content (AvgIpc) is 2.89. The summed E-state index contributed by atoms with van der Waals surface area (Å²) < 4.78 is 10.3. The predicted octanol–water partition coefficient (Wildman–Crippen LogP) is 1.45. The molecule has 108 valence electrons. The molecule has 1 aromatic rings. The largest absolute Gasteiger partial charge is 0.497 e. The third-order valence-electron chi connectivity index (χ3n) is 3.28. The van der Waals surface area contributed by atoms with Gasteiger partial charge < -0.3 is 14.8 Å². The molecule has 1 aliphatic rings. The summed E-state index contributed by atoms with van der Waals surface area (Å²) >= 11 is 0. The first kappa shape index (κ1) is 14.4.